The molecule has 0 spiro atoms. The molecule has 0 amide bonds. The van der Waals surface area contributed by atoms with Crippen molar-refractivity contribution < 1.29 is 43.4 Å². The molecule has 0 aliphatic heterocycles. The van der Waals surface area contributed by atoms with Gasteiger partial charge in [-0.3, -0.25) is 0 Å². The fourth-order valence-electron chi connectivity index (χ4n) is 3.50. The maximum atomic E-state index is 10.0. The largest absolute Gasteiger partial charge is 0.508 e. The molecule has 8 nitrogen and oxygen atoms in total. The van der Waals surface area contributed by atoms with Crippen LogP contribution in [-0.4, -0.2) is 5.11 Å². The van der Waals surface area contributed by atoms with E-state index in [1.807, 2.05) is 91.0 Å². The molecule has 0 unspecified atom stereocenters. The van der Waals surface area contributed by atoms with Crippen LogP contribution in [0, 0.1) is 10.2 Å². The van der Waals surface area contributed by atoms with Gasteiger partial charge in [-0.15, -0.1) is 10.2 Å². The van der Waals surface area contributed by atoms with Gasteiger partial charge in [0.15, 0.2) is 0 Å². The van der Waals surface area contributed by atoms with Crippen molar-refractivity contribution in [1.29, 1.82) is 0 Å². The molecule has 1 aromatic heterocycles. The number of rotatable bonds is 4. The topological polar surface area (TPSA) is 152 Å². The van der Waals surface area contributed by atoms with Gasteiger partial charge in [0.25, 0.3) is 0 Å². The molecule has 9 heteroatoms. The second-order valence-corrected chi connectivity index (χ2v) is 8.40. The lowest BCUT2D eigenvalue weighted by atomic mass is 10.1. The number of phenols is 1. The van der Waals surface area contributed by atoms with Gasteiger partial charge in [0.1, 0.15) is 17.1 Å². The van der Waals surface area contributed by atoms with Crippen molar-refractivity contribution in [3.05, 3.63) is 115 Å². The third-order valence-corrected chi connectivity index (χ3v) is 5.03. The Kier molecular flexibility index (Phi) is 7.65. The van der Waals surface area contributed by atoms with Crippen LogP contribution in [0.15, 0.2) is 114 Å². The summed E-state index contributed by atoms with van der Waals surface area (Å²) >= 11 is 0. The third kappa shape index (κ3) is 7.16. The van der Waals surface area contributed by atoms with Crippen LogP contribution in [0.5, 0.6) is 5.75 Å². The van der Waals surface area contributed by atoms with Crippen LogP contribution in [0.1, 0.15) is 0 Å². The van der Waals surface area contributed by atoms with Crippen LogP contribution >= 0.6 is 0 Å². The predicted molar refractivity (Wildman–Crippen MR) is 123 cm³/mol. The Morgan fingerprint density at radius 1 is 0.694 bits per heavy atom. The van der Waals surface area contributed by atoms with Crippen molar-refractivity contribution in [2.75, 3.05) is 5.32 Å². The van der Waals surface area contributed by atoms with E-state index in [1.54, 1.807) is 18.2 Å². The third-order valence-electron chi connectivity index (χ3n) is 5.03. The molecular formula is C27H21ClN2O6. The second-order valence-electron chi connectivity index (χ2n) is 7.64. The second kappa shape index (κ2) is 11.0. The molecule has 3 N–H and O–H groups in total. The Labute approximate surface area is 208 Å². The molecular weight excluding hydrogens is 484 g/mol. The van der Waals surface area contributed by atoms with E-state index in [1.165, 1.54) is 0 Å². The van der Waals surface area contributed by atoms with Crippen LogP contribution < -0.4 is 34.3 Å². The highest BCUT2D eigenvalue weighted by Gasteiger charge is 2.10. The van der Waals surface area contributed by atoms with Crippen molar-refractivity contribution in [1.82, 2.24) is 0 Å². The van der Waals surface area contributed by atoms with E-state index in [0.29, 0.717) is 5.58 Å². The lowest BCUT2D eigenvalue weighted by molar-refractivity contribution is -2.00. The van der Waals surface area contributed by atoms with Gasteiger partial charge in [0, 0.05) is 29.1 Å². The predicted octanol–water partition coefficient (Wildman–Crippen LogP) is 0.106. The van der Waals surface area contributed by atoms with Gasteiger partial charge in [0.05, 0.1) is 11.5 Å². The summed E-state index contributed by atoms with van der Waals surface area (Å²) in [5.74, 6) is 0.948. The molecule has 0 aliphatic rings. The molecule has 5 rings (SSSR count). The van der Waals surface area contributed by atoms with Gasteiger partial charge in [0.2, 0.25) is 11.0 Å². The van der Waals surface area contributed by atoms with Crippen LogP contribution in [-0.2, 0) is 0 Å². The van der Waals surface area contributed by atoms with Gasteiger partial charge in [-0.05, 0) is 42.5 Å². The number of benzene rings is 4. The molecule has 1 heterocycles. The average molecular weight is 505 g/mol. The maximum absolute atomic E-state index is 10.0. The quantitative estimate of drug-likeness (QED) is 0.314. The van der Waals surface area contributed by atoms with Crippen molar-refractivity contribution >= 4 is 28.0 Å². The summed E-state index contributed by atoms with van der Waals surface area (Å²) in [6.07, 6.45) is 0. The summed E-state index contributed by atoms with van der Waals surface area (Å²) in [4.78, 5) is 3.48. The van der Waals surface area contributed by atoms with Crippen molar-refractivity contribution in [2.24, 2.45) is 0 Å². The Morgan fingerprint density at radius 2 is 1.28 bits per heavy atom. The molecule has 0 atom stereocenters. The standard InChI is InChI=1S/C27H20N2O2.ClHO4/c30-23-15-16-26-24(17-23)25(18-27(31-26)19-7-3-1-4-8-19)29-22-13-11-21(12-14-22)28-20-9-5-2-6-10-20;2-1(3,4)5/h1-18,28,30H;(H,2,3,4,5). The fraction of sp³-hybridized carbons (Fsp3) is 0. The van der Waals surface area contributed by atoms with E-state index in [2.05, 4.69) is 10.3 Å². The zero-order valence-corrected chi connectivity index (χ0v) is 19.5. The number of halogens is 1. The first-order valence-electron chi connectivity index (χ1n) is 10.7. The molecule has 0 saturated heterocycles. The molecule has 5 aromatic rings. The number of aromatic hydroxyl groups is 1. The number of phenolic OH excluding ortho intramolecular Hbond substituents is 1. The Morgan fingerprint density at radius 3 is 1.92 bits per heavy atom. The van der Waals surface area contributed by atoms with E-state index in [9.17, 15) is 5.11 Å². The van der Waals surface area contributed by atoms with E-state index in [-0.39, 0.29) is 5.75 Å². The van der Waals surface area contributed by atoms with Gasteiger partial charge in [-0.2, -0.15) is 0 Å². The minimum atomic E-state index is -4.94. The highest BCUT2D eigenvalue weighted by Crippen LogP contribution is 2.23. The summed E-state index contributed by atoms with van der Waals surface area (Å²) < 4.78 is 40.1. The lowest BCUT2D eigenvalue weighted by Gasteiger charge is -2.17. The molecule has 0 fully saturated rings. The van der Waals surface area contributed by atoms with E-state index >= 15 is 0 Å². The lowest BCUT2D eigenvalue weighted by Crippen LogP contribution is -2.70. The molecule has 0 saturated carbocycles. The molecule has 0 bridgehead atoms. The molecule has 182 valence electrons. The first-order valence-corrected chi connectivity index (χ1v) is 11.9. The molecule has 0 aliphatic carbocycles. The summed E-state index contributed by atoms with van der Waals surface area (Å²) in [5.41, 5.74) is 4.68. The minimum Gasteiger partial charge on any atom is -0.508 e. The normalized spacial score (nSPS) is 11.6. The summed E-state index contributed by atoms with van der Waals surface area (Å²) in [6.45, 7) is 0. The van der Waals surface area contributed by atoms with Crippen molar-refractivity contribution in [3.63, 3.8) is 0 Å². The van der Waals surface area contributed by atoms with Crippen molar-refractivity contribution in [2.45, 2.75) is 0 Å². The summed E-state index contributed by atoms with van der Waals surface area (Å²) in [5, 5.41) is 15.1. The minimum absolute atomic E-state index is 0.195. The van der Waals surface area contributed by atoms with E-state index in [4.69, 9.17) is 23.1 Å². The number of hydrogen-bond acceptors (Lipinski definition) is 7. The van der Waals surface area contributed by atoms with Gasteiger partial charge >= 0.3 is 0 Å². The van der Waals surface area contributed by atoms with Crippen LogP contribution in [0.25, 0.3) is 22.3 Å². The van der Waals surface area contributed by atoms with E-state index < -0.39 is 10.2 Å². The molecule has 4 aromatic carbocycles. The number of hydrogen-bond donors (Lipinski definition) is 3. The summed E-state index contributed by atoms with van der Waals surface area (Å²) in [6, 6.07) is 35.2. The highest BCUT2D eigenvalue weighted by molar-refractivity contribution is 5.79. The molecule has 0 radical (unpaired) electrons. The SMILES string of the molecule is Oc1ccc2oc(-c3ccccc3)cc(=[NH+]c3ccc(Nc4ccccc4)cc3)c2c1.[O-][Cl+3]([O-])([O-])[O-]. The van der Waals surface area contributed by atoms with Crippen LogP contribution in [0.4, 0.5) is 17.1 Å². The van der Waals surface area contributed by atoms with Crippen LogP contribution in [0.2, 0.25) is 0 Å². The van der Waals surface area contributed by atoms with Crippen molar-refractivity contribution in [3.8, 4) is 17.1 Å². The number of anilines is 2. The van der Waals surface area contributed by atoms with Gasteiger partial charge in [-0.25, -0.2) is 23.6 Å². The summed E-state index contributed by atoms with van der Waals surface area (Å²) in [7, 11) is -4.94. The van der Waals surface area contributed by atoms with Gasteiger partial charge in [-0.1, -0.05) is 48.5 Å². The first kappa shape index (κ1) is 24.9. The van der Waals surface area contributed by atoms with Gasteiger partial charge < -0.3 is 14.8 Å². The maximum Gasteiger partial charge on any atom is 0.218 e. The Balaban J connectivity index is 0.000000556. The highest BCUT2D eigenvalue weighted by atomic mass is 35.7. The Bertz CT molecular complexity index is 1490. The first-order chi connectivity index (χ1) is 17.2. The van der Waals surface area contributed by atoms with E-state index in [0.717, 1.165) is 39.1 Å². The average Bonchev–Trinajstić information content (AvgIpc) is 2.85. The zero-order chi connectivity index (χ0) is 25.5. The fourth-order valence-corrected chi connectivity index (χ4v) is 3.50. The number of para-hydroxylation sites is 1. The molecule has 36 heavy (non-hydrogen) atoms. The monoisotopic (exact) mass is 504 g/mol. The smallest absolute Gasteiger partial charge is 0.218 e. The zero-order valence-electron chi connectivity index (χ0n) is 18.8. The number of fused-ring (bicyclic) bond motifs is 1. The Hall–Kier alpha value is -4.18. The number of nitrogens with one attached hydrogen (secondary N) is 2. The van der Waals surface area contributed by atoms with Crippen LogP contribution in [0.3, 0.4) is 0 Å².